The van der Waals surface area contributed by atoms with E-state index in [1.165, 1.54) is 5.56 Å². The van der Waals surface area contributed by atoms with Crippen LogP contribution in [-0.2, 0) is 0 Å². The van der Waals surface area contributed by atoms with Crippen molar-refractivity contribution in [2.24, 2.45) is 5.73 Å². The van der Waals surface area contributed by atoms with E-state index in [-0.39, 0.29) is 12.1 Å². The van der Waals surface area contributed by atoms with Gasteiger partial charge in [-0.05, 0) is 19.9 Å². The summed E-state index contributed by atoms with van der Waals surface area (Å²) in [5.41, 5.74) is 9.57. The number of hydrogen-bond donors (Lipinski definition) is 1. The fourth-order valence-corrected chi connectivity index (χ4v) is 2.99. The summed E-state index contributed by atoms with van der Waals surface area (Å²) in [5, 5.41) is 3.13. The third-order valence-electron chi connectivity index (χ3n) is 3.27. The van der Waals surface area contributed by atoms with Crippen LogP contribution in [0.25, 0.3) is 0 Å². The van der Waals surface area contributed by atoms with Gasteiger partial charge in [0.1, 0.15) is 11.9 Å². The second-order valence-corrected chi connectivity index (χ2v) is 5.84. The summed E-state index contributed by atoms with van der Waals surface area (Å²) >= 11 is 1.65. The molecule has 1 aliphatic rings. The molecule has 0 aliphatic carbocycles. The summed E-state index contributed by atoms with van der Waals surface area (Å²) in [5.74, 6) is 0.898. The molecule has 2 heterocycles. The Morgan fingerprint density at radius 1 is 1.39 bits per heavy atom. The maximum Gasteiger partial charge on any atom is 0.143 e. The maximum absolute atomic E-state index is 6.25. The van der Waals surface area contributed by atoms with Gasteiger partial charge in [0.2, 0.25) is 0 Å². The molecule has 18 heavy (non-hydrogen) atoms. The highest BCUT2D eigenvalue weighted by atomic mass is 32.1. The van der Waals surface area contributed by atoms with Gasteiger partial charge in [-0.25, -0.2) is 4.98 Å². The number of nitrogens with two attached hydrogens (primary N) is 1. The number of ether oxygens (including phenoxy) is 1. The summed E-state index contributed by atoms with van der Waals surface area (Å²) in [6.07, 6.45) is 0.778. The molecule has 2 aromatic rings. The molecule has 3 rings (SSSR count). The molecular formula is C14H16N2OS. The standard InChI is InChI=1S/C14H16N2OS/c1-8-3-4-13-10(5-8)11(15)6-14(17-13)12-7-18-9(2)16-12/h3-5,7,11,14H,6,15H2,1-2H3/t11-,14?/m0/s1. The van der Waals surface area contributed by atoms with Crippen LogP contribution in [0, 0.1) is 13.8 Å². The van der Waals surface area contributed by atoms with Gasteiger partial charge in [-0.15, -0.1) is 11.3 Å². The summed E-state index contributed by atoms with van der Waals surface area (Å²) in [6.45, 7) is 4.08. The molecule has 0 amide bonds. The van der Waals surface area contributed by atoms with E-state index in [0.29, 0.717) is 0 Å². The van der Waals surface area contributed by atoms with Gasteiger partial charge in [-0.3, -0.25) is 0 Å². The Labute approximate surface area is 111 Å². The van der Waals surface area contributed by atoms with Gasteiger partial charge < -0.3 is 10.5 Å². The Morgan fingerprint density at radius 2 is 2.22 bits per heavy atom. The van der Waals surface area contributed by atoms with E-state index in [1.54, 1.807) is 11.3 Å². The SMILES string of the molecule is Cc1ccc2c(c1)[C@@H](N)CC(c1csc(C)n1)O2. The van der Waals surface area contributed by atoms with Crippen molar-refractivity contribution in [3.63, 3.8) is 0 Å². The smallest absolute Gasteiger partial charge is 0.143 e. The van der Waals surface area contributed by atoms with Gasteiger partial charge in [0.15, 0.2) is 0 Å². The number of rotatable bonds is 1. The van der Waals surface area contributed by atoms with Crippen molar-refractivity contribution in [1.82, 2.24) is 4.98 Å². The lowest BCUT2D eigenvalue weighted by atomic mass is 9.95. The van der Waals surface area contributed by atoms with Crippen LogP contribution in [0.5, 0.6) is 5.75 Å². The number of nitrogens with zero attached hydrogens (tertiary/aromatic N) is 1. The van der Waals surface area contributed by atoms with Gasteiger partial charge in [0, 0.05) is 23.4 Å². The highest BCUT2D eigenvalue weighted by Crippen LogP contribution is 2.39. The second kappa shape index (κ2) is 4.37. The van der Waals surface area contributed by atoms with E-state index in [9.17, 15) is 0 Å². The average molecular weight is 260 g/mol. The lowest BCUT2D eigenvalue weighted by Crippen LogP contribution is -2.24. The van der Waals surface area contributed by atoms with E-state index >= 15 is 0 Å². The quantitative estimate of drug-likeness (QED) is 0.856. The Morgan fingerprint density at radius 3 is 2.94 bits per heavy atom. The Kier molecular flexibility index (Phi) is 2.84. The third-order valence-corrected chi connectivity index (χ3v) is 4.06. The van der Waals surface area contributed by atoms with Crippen LogP contribution in [0.2, 0.25) is 0 Å². The van der Waals surface area contributed by atoms with Gasteiger partial charge in [0.05, 0.1) is 10.7 Å². The van der Waals surface area contributed by atoms with Crippen LogP contribution < -0.4 is 10.5 Å². The minimum atomic E-state index is -0.0137. The lowest BCUT2D eigenvalue weighted by molar-refractivity contribution is 0.158. The molecule has 94 valence electrons. The van der Waals surface area contributed by atoms with Crippen LogP contribution in [-0.4, -0.2) is 4.98 Å². The molecule has 1 aromatic heterocycles. The fraction of sp³-hybridized carbons (Fsp3) is 0.357. The van der Waals surface area contributed by atoms with E-state index in [0.717, 1.165) is 28.4 Å². The average Bonchev–Trinajstić information content (AvgIpc) is 2.77. The predicted octanol–water partition coefficient (Wildman–Crippen LogP) is 3.28. The van der Waals surface area contributed by atoms with E-state index in [2.05, 4.69) is 29.4 Å². The van der Waals surface area contributed by atoms with Gasteiger partial charge in [0.25, 0.3) is 0 Å². The largest absolute Gasteiger partial charge is 0.484 e. The molecule has 0 spiro atoms. The summed E-state index contributed by atoms with van der Waals surface area (Å²) in [4.78, 5) is 4.50. The lowest BCUT2D eigenvalue weighted by Gasteiger charge is -2.29. The van der Waals surface area contributed by atoms with Gasteiger partial charge >= 0.3 is 0 Å². The first kappa shape index (κ1) is 11.7. The summed E-state index contributed by atoms with van der Waals surface area (Å²) in [6, 6.07) is 6.21. The number of hydrogen-bond acceptors (Lipinski definition) is 4. The number of aromatic nitrogens is 1. The predicted molar refractivity (Wildman–Crippen MR) is 72.9 cm³/mol. The Hall–Kier alpha value is -1.39. The van der Waals surface area contributed by atoms with Crippen molar-refractivity contribution in [3.05, 3.63) is 45.4 Å². The van der Waals surface area contributed by atoms with E-state index in [1.807, 2.05) is 13.0 Å². The van der Waals surface area contributed by atoms with Crippen LogP contribution in [0.4, 0.5) is 0 Å². The summed E-state index contributed by atoms with van der Waals surface area (Å²) < 4.78 is 6.02. The Bertz CT molecular complexity index is 579. The highest BCUT2D eigenvalue weighted by Gasteiger charge is 2.28. The first-order valence-electron chi connectivity index (χ1n) is 6.08. The first-order valence-corrected chi connectivity index (χ1v) is 6.96. The first-order chi connectivity index (χ1) is 8.63. The van der Waals surface area contributed by atoms with Crippen molar-refractivity contribution >= 4 is 11.3 Å². The molecule has 2 atom stereocenters. The van der Waals surface area contributed by atoms with E-state index < -0.39 is 0 Å². The maximum atomic E-state index is 6.25. The van der Waals surface area contributed by atoms with Crippen LogP contribution in [0.1, 0.15) is 40.4 Å². The third kappa shape index (κ3) is 2.02. The normalized spacial score (nSPS) is 22.4. The van der Waals surface area contributed by atoms with Gasteiger partial charge in [-0.2, -0.15) is 0 Å². The van der Waals surface area contributed by atoms with Crippen molar-refractivity contribution < 1.29 is 4.74 Å². The molecule has 3 nitrogen and oxygen atoms in total. The van der Waals surface area contributed by atoms with Crippen LogP contribution >= 0.6 is 11.3 Å². The van der Waals surface area contributed by atoms with Crippen molar-refractivity contribution in [2.45, 2.75) is 32.4 Å². The zero-order valence-electron chi connectivity index (χ0n) is 10.5. The highest BCUT2D eigenvalue weighted by molar-refractivity contribution is 7.09. The monoisotopic (exact) mass is 260 g/mol. The number of thiazole rings is 1. The van der Waals surface area contributed by atoms with E-state index in [4.69, 9.17) is 10.5 Å². The minimum absolute atomic E-state index is 0.0137. The number of benzene rings is 1. The topological polar surface area (TPSA) is 48.1 Å². The molecule has 2 N–H and O–H groups in total. The van der Waals surface area contributed by atoms with Crippen molar-refractivity contribution in [3.8, 4) is 5.75 Å². The molecule has 0 saturated carbocycles. The summed E-state index contributed by atoms with van der Waals surface area (Å²) in [7, 11) is 0. The molecule has 0 saturated heterocycles. The molecule has 1 aromatic carbocycles. The molecule has 1 aliphatic heterocycles. The van der Waals surface area contributed by atoms with Crippen LogP contribution in [0.15, 0.2) is 23.6 Å². The molecule has 0 fully saturated rings. The zero-order valence-corrected chi connectivity index (χ0v) is 11.3. The van der Waals surface area contributed by atoms with Gasteiger partial charge in [-0.1, -0.05) is 17.7 Å². The van der Waals surface area contributed by atoms with Crippen molar-refractivity contribution in [2.75, 3.05) is 0 Å². The zero-order chi connectivity index (χ0) is 12.7. The Balaban J connectivity index is 1.94. The van der Waals surface area contributed by atoms with Crippen LogP contribution in [0.3, 0.4) is 0 Å². The minimum Gasteiger partial charge on any atom is -0.484 e. The second-order valence-electron chi connectivity index (χ2n) is 4.78. The molecule has 0 radical (unpaired) electrons. The number of aryl methyl sites for hydroxylation is 2. The number of fused-ring (bicyclic) bond motifs is 1. The van der Waals surface area contributed by atoms with Crippen molar-refractivity contribution in [1.29, 1.82) is 0 Å². The molecule has 1 unspecified atom stereocenters. The molecule has 4 heteroatoms. The fourth-order valence-electron chi connectivity index (χ4n) is 2.33. The molecular weight excluding hydrogens is 244 g/mol. The molecule has 0 bridgehead atoms.